The number of halogens is 1. The van der Waals surface area contributed by atoms with E-state index in [4.69, 9.17) is 21.1 Å². The molecule has 3 rings (SSSR count). The molecule has 2 aromatic carbocycles. The lowest BCUT2D eigenvalue weighted by Crippen LogP contribution is -2.17. The molecule has 0 fully saturated rings. The van der Waals surface area contributed by atoms with Gasteiger partial charge in [-0.15, -0.1) is 11.3 Å². The van der Waals surface area contributed by atoms with Gasteiger partial charge in [0.25, 0.3) is 10.0 Å². The number of rotatable bonds is 6. The number of nitrogens with one attached hydrogen (secondary N) is 1. The Morgan fingerprint density at radius 3 is 2.64 bits per heavy atom. The van der Waals surface area contributed by atoms with Gasteiger partial charge >= 0.3 is 5.97 Å². The maximum Gasteiger partial charge on any atom is 0.349 e. The second-order valence-corrected chi connectivity index (χ2v) is 8.96. The van der Waals surface area contributed by atoms with Crippen LogP contribution in [0.1, 0.15) is 22.2 Å². The zero-order valence-electron chi connectivity index (χ0n) is 15.4. The van der Waals surface area contributed by atoms with E-state index < -0.39 is 16.0 Å². The van der Waals surface area contributed by atoms with Crippen molar-refractivity contribution >= 4 is 54.7 Å². The Bertz CT molecular complexity index is 1150. The fourth-order valence-corrected chi connectivity index (χ4v) is 5.74. The van der Waals surface area contributed by atoms with Crippen LogP contribution in [-0.2, 0) is 14.8 Å². The summed E-state index contributed by atoms with van der Waals surface area (Å²) in [6.07, 6.45) is 0. The van der Waals surface area contributed by atoms with Crippen molar-refractivity contribution in [1.82, 2.24) is 0 Å². The van der Waals surface area contributed by atoms with Crippen LogP contribution in [0.15, 0.2) is 41.3 Å². The van der Waals surface area contributed by atoms with Gasteiger partial charge < -0.3 is 9.47 Å². The largest absolute Gasteiger partial charge is 0.495 e. The molecule has 0 aliphatic carbocycles. The van der Waals surface area contributed by atoms with E-state index in [1.165, 1.54) is 13.2 Å². The van der Waals surface area contributed by atoms with Crippen molar-refractivity contribution in [3.63, 3.8) is 0 Å². The van der Waals surface area contributed by atoms with Crippen LogP contribution in [0.4, 0.5) is 5.69 Å². The molecule has 1 N–H and O–H groups in total. The van der Waals surface area contributed by atoms with Crippen molar-refractivity contribution in [1.29, 1.82) is 0 Å². The van der Waals surface area contributed by atoms with Gasteiger partial charge in [-0.1, -0.05) is 29.8 Å². The summed E-state index contributed by atoms with van der Waals surface area (Å²) in [4.78, 5) is 12.3. The van der Waals surface area contributed by atoms with E-state index in [1.54, 1.807) is 44.2 Å². The third-order valence-corrected chi connectivity index (χ3v) is 7.14. The summed E-state index contributed by atoms with van der Waals surface area (Å²) in [6, 6.07) is 10.0. The standard InChI is InChI=1S/C19H18ClNO5S2/c1-4-26-19(22)17-18(12-7-5-6-8-16(12)27-17)28(23,24)21-14-9-11(2)13(20)10-15(14)25-3/h5-10,21H,4H2,1-3H3. The van der Waals surface area contributed by atoms with Gasteiger partial charge in [0.2, 0.25) is 0 Å². The van der Waals surface area contributed by atoms with Crippen molar-refractivity contribution in [2.24, 2.45) is 0 Å². The third-order valence-electron chi connectivity index (χ3n) is 4.00. The minimum absolute atomic E-state index is 0.0280. The van der Waals surface area contributed by atoms with E-state index in [-0.39, 0.29) is 27.8 Å². The van der Waals surface area contributed by atoms with Crippen LogP contribution in [0.2, 0.25) is 5.02 Å². The van der Waals surface area contributed by atoms with E-state index in [0.29, 0.717) is 20.7 Å². The molecule has 0 radical (unpaired) electrons. The number of sulfonamides is 1. The lowest BCUT2D eigenvalue weighted by molar-refractivity contribution is 0.0528. The quantitative estimate of drug-likeness (QED) is 0.555. The highest BCUT2D eigenvalue weighted by atomic mass is 35.5. The monoisotopic (exact) mass is 439 g/mol. The molecule has 0 amide bonds. The number of anilines is 1. The highest BCUT2D eigenvalue weighted by Crippen LogP contribution is 2.38. The van der Waals surface area contributed by atoms with E-state index in [1.807, 2.05) is 0 Å². The van der Waals surface area contributed by atoms with Gasteiger partial charge in [0.15, 0.2) is 0 Å². The molecule has 28 heavy (non-hydrogen) atoms. The van der Waals surface area contributed by atoms with Crippen molar-refractivity contribution < 1.29 is 22.7 Å². The average Bonchev–Trinajstić information content (AvgIpc) is 3.05. The molecule has 0 aliphatic heterocycles. The summed E-state index contributed by atoms with van der Waals surface area (Å²) in [6.45, 7) is 3.56. The first-order chi connectivity index (χ1) is 13.3. The molecule has 0 saturated heterocycles. The second kappa shape index (κ2) is 7.98. The first kappa shape index (κ1) is 20.4. The molecule has 3 aromatic rings. The number of fused-ring (bicyclic) bond motifs is 1. The van der Waals surface area contributed by atoms with Crippen LogP contribution in [0.25, 0.3) is 10.1 Å². The van der Waals surface area contributed by atoms with Crippen molar-refractivity contribution in [2.45, 2.75) is 18.7 Å². The maximum absolute atomic E-state index is 13.3. The van der Waals surface area contributed by atoms with E-state index in [0.717, 1.165) is 11.3 Å². The molecular weight excluding hydrogens is 422 g/mol. The van der Waals surface area contributed by atoms with Gasteiger partial charge in [-0.2, -0.15) is 0 Å². The molecule has 0 spiro atoms. The number of methoxy groups -OCH3 is 1. The second-order valence-electron chi connectivity index (χ2n) is 5.88. The van der Waals surface area contributed by atoms with Gasteiger partial charge in [0.1, 0.15) is 15.5 Å². The number of carbonyl (C=O) groups is 1. The van der Waals surface area contributed by atoms with Gasteiger partial charge in [-0.3, -0.25) is 4.72 Å². The summed E-state index contributed by atoms with van der Waals surface area (Å²) < 4.78 is 40.0. The van der Waals surface area contributed by atoms with E-state index in [2.05, 4.69) is 4.72 Å². The molecule has 0 unspecified atom stereocenters. The zero-order chi connectivity index (χ0) is 20.5. The smallest absolute Gasteiger partial charge is 0.349 e. The fraction of sp³-hybridized carbons (Fsp3) is 0.211. The van der Waals surface area contributed by atoms with Crippen molar-refractivity contribution in [3.05, 3.63) is 51.9 Å². The Labute approximate surface area is 172 Å². The van der Waals surface area contributed by atoms with Crippen LogP contribution < -0.4 is 9.46 Å². The SMILES string of the molecule is CCOC(=O)c1sc2ccccc2c1S(=O)(=O)Nc1cc(C)c(Cl)cc1OC. The topological polar surface area (TPSA) is 81.7 Å². The number of benzene rings is 2. The summed E-state index contributed by atoms with van der Waals surface area (Å²) in [5.41, 5.74) is 0.912. The van der Waals surface area contributed by atoms with Gasteiger partial charge in [-0.25, -0.2) is 13.2 Å². The van der Waals surface area contributed by atoms with Crippen LogP contribution in [0.5, 0.6) is 5.75 Å². The molecule has 0 atom stereocenters. The number of hydrogen-bond donors (Lipinski definition) is 1. The predicted octanol–water partition coefficient (Wildman–Crippen LogP) is 4.85. The molecule has 1 heterocycles. The lowest BCUT2D eigenvalue weighted by Gasteiger charge is -2.14. The molecule has 0 saturated carbocycles. The van der Waals surface area contributed by atoms with Crippen LogP contribution in [0, 0.1) is 6.92 Å². The van der Waals surface area contributed by atoms with Gasteiger partial charge in [-0.05, 0) is 31.5 Å². The van der Waals surface area contributed by atoms with Gasteiger partial charge in [0.05, 0.1) is 19.4 Å². The molecule has 148 valence electrons. The fourth-order valence-electron chi connectivity index (χ4n) is 2.73. The summed E-state index contributed by atoms with van der Waals surface area (Å²) in [5, 5.41) is 0.903. The molecule has 0 bridgehead atoms. The summed E-state index contributed by atoms with van der Waals surface area (Å²) in [7, 11) is -2.70. The number of aryl methyl sites for hydroxylation is 1. The molecule has 6 nitrogen and oxygen atoms in total. The average molecular weight is 440 g/mol. The molecule has 1 aromatic heterocycles. The molecule has 0 aliphatic rings. The van der Waals surface area contributed by atoms with Crippen LogP contribution in [-0.4, -0.2) is 28.1 Å². The van der Waals surface area contributed by atoms with E-state index in [9.17, 15) is 13.2 Å². The predicted molar refractivity (Wildman–Crippen MR) is 111 cm³/mol. The highest BCUT2D eigenvalue weighted by Gasteiger charge is 2.30. The molecular formula is C19H18ClNO5S2. The minimum Gasteiger partial charge on any atom is -0.495 e. The first-order valence-corrected chi connectivity index (χ1v) is 11.0. The Morgan fingerprint density at radius 2 is 1.96 bits per heavy atom. The summed E-state index contributed by atoms with van der Waals surface area (Å²) >= 11 is 7.18. The zero-order valence-corrected chi connectivity index (χ0v) is 17.8. The number of ether oxygens (including phenoxy) is 2. The molecule has 9 heteroatoms. The first-order valence-electron chi connectivity index (χ1n) is 8.34. The van der Waals surface area contributed by atoms with Crippen LogP contribution >= 0.6 is 22.9 Å². The number of carbonyl (C=O) groups excluding carboxylic acids is 1. The Hall–Kier alpha value is -2.29. The highest BCUT2D eigenvalue weighted by molar-refractivity contribution is 7.93. The van der Waals surface area contributed by atoms with E-state index >= 15 is 0 Å². The third kappa shape index (κ3) is 3.80. The number of hydrogen-bond acceptors (Lipinski definition) is 6. The maximum atomic E-state index is 13.3. The Morgan fingerprint density at radius 1 is 1.25 bits per heavy atom. The van der Waals surface area contributed by atoms with Crippen molar-refractivity contribution in [3.8, 4) is 5.75 Å². The lowest BCUT2D eigenvalue weighted by atomic mass is 10.2. The van der Waals surface area contributed by atoms with Crippen LogP contribution in [0.3, 0.4) is 0 Å². The van der Waals surface area contributed by atoms with Gasteiger partial charge in [0, 0.05) is 21.2 Å². The Balaban J connectivity index is 2.17. The number of thiophene rings is 1. The Kier molecular flexibility index (Phi) is 5.83. The summed E-state index contributed by atoms with van der Waals surface area (Å²) in [5.74, 6) is -0.403. The normalized spacial score (nSPS) is 11.4. The minimum atomic E-state index is -4.12. The van der Waals surface area contributed by atoms with Crippen molar-refractivity contribution in [2.75, 3.05) is 18.4 Å². The number of esters is 1.